The minimum atomic E-state index is -0.0653. The Hall–Kier alpha value is -0.240. The highest BCUT2D eigenvalue weighted by Gasteiger charge is 2.63. The van der Waals surface area contributed by atoms with Crippen LogP contribution in [0.25, 0.3) is 0 Å². The SMILES string of the molecule is CCCN(CCCl)C(=O)C12CC3CC(C)(CC(C)(C3)C1)C2. The molecule has 4 rings (SSSR count). The van der Waals surface area contributed by atoms with Gasteiger partial charge in [-0.1, -0.05) is 20.8 Å². The Balaban J connectivity index is 1.88. The fourth-order valence-electron chi connectivity index (χ4n) is 6.71. The van der Waals surface area contributed by atoms with E-state index in [1.54, 1.807) is 0 Å². The maximum atomic E-state index is 13.3. The normalized spacial score (nSPS) is 44.1. The first-order valence-corrected chi connectivity index (χ1v) is 9.23. The lowest BCUT2D eigenvalue weighted by molar-refractivity contribution is -0.179. The number of amides is 1. The zero-order chi connectivity index (χ0) is 15.3. The van der Waals surface area contributed by atoms with E-state index in [0.29, 0.717) is 29.2 Å². The highest BCUT2D eigenvalue weighted by atomic mass is 35.5. The monoisotopic (exact) mass is 311 g/mol. The minimum absolute atomic E-state index is 0.0653. The summed E-state index contributed by atoms with van der Waals surface area (Å²) in [6, 6.07) is 0. The molecule has 4 saturated carbocycles. The second-order valence-corrected chi connectivity index (χ2v) is 9.27. The molecular formula is C18H30ClNO. The van der Waals surface area contributed by atoms with Crippen LogP contribution in [0.2, 0.25) is 0 Å². The Bertz CT molecular complexity index is 411. The van der Waals surface area contributed by atoms with Gasteiger partial charge in [-0.3, -0.25) is 4.79 Å². The molecule has 120 valence electrons. The molecule has 2 nitrogen and oxygen atoms in total. The van der Waals surface area contributed by atoms with Crippen LogP contribution in [0.15, 0.2) is 0 Å². The lowest BCUT2D eigenvalue weighted by Crippen LogP contribution is -2.60. The Kier molecular flexibility index (Phi) is 3.83. The molecule has 0 radical (unpaired) electrons. The molecule has 0 aliphatic heterocycles. The second kappa shape index (κ2) is 5.15. The first kappa shape index (κ1) is 15.6. The van der Waals surface area contributed by atoms with Crippen LogP contribution < -0.4 is 0 Å². The van der Waals surface area contributed by atoms with E-state index in [2.05, 4.69) is 25.7 Å². The third-order valence-corrected chi connectivity index (χ3v) is 6.38. The quantitative estimate of drug-likeness (QED) is 0.686. The lowest BCUT2D eigenvalue weighted by Gasteiger charge is -2.65. The van der Waals surface area contributed by atoms with Crippen molar-refractivity contribution in [3.05, 3.63) is 0 Å². The average Bonchev–Trinajstić information content (AvgIpc) is 2.33. The van der Waals surface area contributed by atoms with Gasteiger partial charge in [-0.25, -0.2) is 0 Å². The van der Waals surface area contributed by atoms with Gasteiger partial charge in [0, 0.05) is 19.0 Å². The van der Waals surface area contributed by atoms with Crippen molar-refractivity contribution in [1.29, 1.82) is 0 Å². The fourth-order valence-corrected chi connectivity index (χ4v) is 6.91. The zero-order valence-corrected chi connectivity index (χ0v) is 14.6. The van der Waals surface area contributed by atoms with E-state index in [4.69, 9.17) is 11.6 Å². The van der Waals surface area contributed by atoms with Crippen LogP contribution in [-0.4, -0.2) is 29.8 Å². The van der Waals surface area contributed by atoms with Crippen molar-refractivity contribution in [3.63, 3.8) is 0 Å². The minimum Gasteiger partial charge on any atom is -0.341 e. The van der Waals surface area contributed by atoms with Gasteiger partial charge in [-0.05, 0) is 61.7 Å². The molecule has 4 aliphatic carbocycles. The van der Waals surface area contributed by atoms with Crippen LogP contribution in [0.4, 0.5) is 0 Å². The molecule has 1 amide bonds. The summed E-state index contributed by atoms with van der Waals surface area (Å²) in [5.41, 5.74) is 0.746. The predicted octanol–water partition coefficient (Wildman–Crippen LogP) is 4.46. The maximum absolute atomic E-state index is 13.3. The molecule has 2 unspecified atom stereocenters. The van der Waals surface area contributed by atoms with Crippen LogP contribution in [0.1, 0.15) is 65.7 Å². The molecule has 0 N–H and O–H groups in total. The molecule has 4 aliphatic rings. The first-order chi connectivity index (χ1) is 9.84. The summed E-state index contributed by atoms with van der Waals surface area (Å²) >= 11 is 5.94. The van der Waals surface area contributed by atoms with E-state index in [1.807, 2.05) is 0 Å². The first-order valence-electron chi connectivity index (χ1n) is 8.69. The van der Waals surface area contributed by atoms with Crippen LogP contribution in [0, 0.1) is 22.2 Å². The van der Waals surface area contributed by atoms with Crippen molar-refractivity contribution in [2.75, 3.05) is 19.0 Å². The topological polar surface area (TPSA) is 20.3 Å². The Morgan fingerprint density at radius 1 is 1.10 bits per heavy atom. The number of carbonyl (C=O) groups is 1. The van der Waals surface area contributed by atoms with Gasteiger partial charge in [0.25, 0.3) is 0 Å². The number of alkyl halides is 1. The molecule has 21 heavy (non-hydrogen) atoms. The van der Waals surface area contributed by atoms with Gasteiger partial charge in [-0.15, -0.1) is 11.6 Å². The summed E-state index contributed by atoms with van der Waals surface area (Å²) in [6.45, 7) is 8.60. The number of hydrogen-bond donors (Lipinski definition) is 0. The van der Waals surface area contributed by atoms with Gasteiger partial charge in [0.15, 0.2) is 0 Å². The lowest BCUT2D eigenvalue weighted by atomic mass is 9.40. The van der Waals surface area contributed by atoms with Crippen LogP contribution in [0.3, 0.4) is 0 Å². The molecule has 0 aromatic carbocycles. The molecule has 0 spiro atoms. The van der Waals surface area contributed by atoms with Gasteiger partial charge in [-0.2, -0.15) is 0 Å². The van der Waals surface area contributed by atoms with Crippen LogP contribution in [0.5, 0.6) is 0 Å². The third-order valence-electron chi connectivity index (χ3n) is 6.22. The highest BCUT2D eigenvalue weighted by Crippen LogP contribution is 2.69. The molecule has 0 heterocycles. The molecule has 3 heteroatoms. The summed E-state index contributed by atoms with van der Waals surface area (Å²) in [6.07, 6.45) is 8.42. The number of rotatable bonds is 5. The molecule has 0 aromatic rings. The van der Waals surface area contributed by atoms with E-state index in [1.165, 1.54) is 19.3 Å². The number of carbonyl (C=O) groups excluding carboxylic acids is 1. The van der Waals surface area contributed by atoms with Crippen molar-refractivity contribution in [2.24, 2.45) is 22.2 Å². The summed E-state index contributed by atoms with van der Waals surface area (Å²) in [5.74, 6) is 1.76. The average molecular weight is 312 g/mol. The van der Waals surface area contributed by atoms with Gasteiger partial charge in [0.1, 0.15) is 0 Å². The van der Waals surface area contributed by atoms with Gasteiger partial charge < -0.3 is 4.90 Å². The Morgan fingerprint density at radius 2 is 1.71 bits per heavy atom. The van der Waals surface area contributed by atoms with E-state index >= 15 is 0 Å². The van der Waals surface area contributed by atoms with Gasteiger partial charge in [0.2, 0.25) is 5.91 Å². The van der Waals surface area contributed by atoms with Crippen molar-refractivity contribution in [2.45, 2.75) is 65.7 Å². The van der Waals surface area contributed by atoms with Gasteiger partial charge in [0.05, 0.1) is 5.41 Å². The Morgan fingerprint density at radius 3 is 2.19 bits per heavy atom. The van der Waals surface area contributed by atoms with Crippen molar-refractivity contribution < 1.29 is 4.79 Å². The molecule has 0 saturated heterocycles. The zero-order valence-electron chi connectivity index (χ0n) is 13.9. The van der Waals surface area contributed by atoms with Crippen molar-refractivity contribution >= 4 is 17.5 Å². The molecule has 4 bridgehead atoms. The predicted molar refractivity (Wildman–Crippen MR) is 87.4 cm³/mol. The van der Waals surface area contributed by atoms with Crippen LogP contribution >= 0.6 is 11.6 Å². The maximum Gasteiger partial charge on any atom is 0.228 e. The summed E-state index contributed by atoms with van der Waals surface area (Å²) < 4.78 is 0. The van der Waals surface area contributed by atoms with E-state index in [-0.39, 0.29) is 5.41 Å². The number of hydrogen-bond acceptors (Lipinski definition) is 1. The molecular weight excluding hydrogens is 282 g/mol. The molecule has 4 fully saturated rings. The smallest absolute Gasteiger partial charge is 0.228 e. The van der Waals surface area contributed by atoms with Crippen LogP contribution in [-0.2, 0) is 4.79 Å². The van der Waals surface area contributed by atoms with E-state index in [0.717, 1.165) is 38.1 Å². The largest absolute Gasteiger partial charge is 0.341 e. The number of nitrogens with zero attached hydrogens (tertiary/aromatic N) is 1. The summed E-state index contributed by atoms with van der Waals surface area (Å²) in [4.78, 5) is 15.4. The summed E-state index contributed by atoms with van der Waals surface area (Å²) in [5, 5.41) is 0. The van der Waals surface area contributed by atoms with Gasteiger partial charge >= 0.3 is 0 Å². The third kappa shape index (κ3) is 2.62. The molecule has 2 atom stereocenters. The highest BCUT2D eigenvalue weighted by molar-refractivity contribution is 6.18. The molecule has 0 aromatic heterocycles. The van der Waals surface area contributed by atoms with Crippen molar-refractivity contribution in [3.8, 4) is 0 Å². The number of halogens is 1. The summed E-state index contributed by atoms with van der Waals surface area (Å²) in [7, 11) is 0. The standard InChI is InChI=1S/C18H30ClNO/c1-4-6-20(7-5-19)15(21)18-10-14-8-16(2,12-18)11-17(3,9-14)13-18/h14H,4-13H2,1-3H3. The second-order valence-electron chi connectivity index (χ2n) is 8.89. The van der Waals surface area contributed by atoms with E-state index in [9.17, 15) is 4.79 Å². The fraction of sp³-hybridized carbons (Fsp3) is 0.944. The van der Waals surface area contributed by atoms with E-state index < -0.39 is 0 Å². The Labute approximate surface area is 134 Å². The van der Waals surface area contributed by atoms with Crippen molar-refractivity contribution in [1.82, 2.24) is 4.90 Å².